The first-order chi connectivity index (χ1) is 15.9. The second kappa shape index (κ2) is 8.53. The van der Waals surface area contributed by atoms with Crippen molar-refractivity contribution in [1.29, 1.82) is 0 Å². The molecule has 4 aromatic rings. The number of benzene rings is 1. The van der Waals surface area contributed by atoms with Gasteiger partial charge in [0.2, 0.25) is 0 Å². The Kier molecular flexibility index (Phi) is 5.55. The first-order valence-electron chi connectivity index (χ1n) is 11.1. The van der Waals surface area contributed by atoms with Gasteiger partial charge in [0.25, 0.3) is 0 Å². The largest absolute Gasteiger partial charge is 0.384 e. The quantitative estimate of drug-likeness (QED) is 0.420. The second-order valence-corrected chi connectivity index (χ2v) is 8.97. The van der Waals surface area contributed by atoms with Crippen molar-refractivity contribution in [3.8, 4) is 11.3 Å². The molecule has 1 atom stereocenters. The van der Waals surface area contributed by atoms with Crippen molar-refractivity contribution in [2.75, 3.05) is 25.5 Å². The van der Waals surface area contributed by atoms with Crippen LogP contribution >= 0.6 is 0 Å². The van der Waals surface area contributed by atoms with Crippen LogP contribution in [-0.4, -0.2) is 50.3 Å². The molecular weight excluding hydrogens is 419 g/mol. The Morgan fingerprint density at radius 3 is 2.70 bits per heavy atom. The molecule has 8 heteroatoms. The maximum Gasteiger partial charge on any atom is 0.147 e. The zero-order chi connectivity index (χ0) is 23.0. The average molecular weight is 447 g/mol. The monoisotopic (exact) mass is 446 g/mol. The van der Waals surface area contributed by atoms with E-state index in [9.17, 15) is 9.50 Å². The topological polar surface area (TPSA) is 90.0 Å². The number of hydrogen-bond acceptors (Lipinski definition) is 6. The summed E-state index contributed by atoms with van der Waals surface area (Å²) in [5.74, 6) is 0.246. The number of fused-ring (bicyclic) bond motifs is 1. The summed E-state index contributed by atoms with van der Waals surface area (Å²) >= 11 is 0. The van der Waals surface area contributed by atoms with Gasteiger partial charge in [-0.3, -0.25) is 5.10 Å². The zero-order valence-corrected chi connectivity index (χ0v) is 18.7. The number of halogens is 1. The Labute approximate surface area is 191 Å². The minimum absolute atomic E-state index is 0.153. The Balaban J connectivity index is 1.40. The Morgan fingerprint density at radius 2 is 1.97 bits per heavy atom. The van der Waals surface area contributed by atoms with E-state index >= 15 is 0 Å². The summed E-state index contributed by atoms with van der Waals surface area (Å²) in [6, 6.07) is 12.3. The van der Waals surface area contributed by atoms with Crippen molar-refractivity contribution in [3.63, 3.8) is 0 Å². The normalized spacial score (nSPS) is 17.2. The summed E-state index contributed by atoms with van der Waals surface area (Å²) in [6.45, 7) is 3.79. The van der Waals surface area contributed by atoms with Gasteiger partial charge in [-0.2, -0.15) is 5.10 Å². The molecule has 0 spiro atoms. The van der Waals surface area contributed by atoms with E-state index in [1.807, 2.05) is 25.1 Å². The molecule has 7 nitrogen and oxygen atoms in total. The molecule has 3 N–H and O–H groups in total. The fourth-order valence-electron chi connectivity index (χ4n) is 4.49. The highest BCUT2D eigenvalue weighted by Crippen LogP contribution is 2.36. The maximum atomic E-state index is 14.7. The van der Waals surface area contributed by atoms with Gasteiger partial charge in [0, 0.05) is 29.4 Å². The van der Waals surface area contributed by atoms with Crippen LogP contribution in [0.2, 0.25) is 0 Å². The number of likely N-dealkylation sites (tertiary alicyclic amines) is 1. The van der Waals surface area contributed by atoms with Crippen LogP contribution in [0, 0.1) is 11.7 Å². The summed E-state index contributed by atoms with van der Waals surface area (Å²) in [4.78, 5) is 11.5. The van der Waals surface area contributed by atoms with Crippen LogP contribution in [0.4, 0.5) is 15.9 Å². The van der Waals surface area contributed by atoms with Crippen molar-refractivity contribution in [1.82, 2.24) is 25.1 Å². The molecular formula is C25H27FN6O. The number of nitrogens with zero attached hydrogens (tertiary/aromatic N) is 4. The minimum atomic E-state index is -1.01. The first kappa shape index (κ1) is 21.5. The zero-order valence-electron chi connectivity index (χ0n) is 18.7. The fraction of sp³-hybridized carbons (Fsp3) is 0.320. The lowest BCUT2D eigenvalue weighted by molar-refractivity contribution is -0.0334. The number of pyridine rings is 2. The Morgan fingerprint density at radius 1 is 1.15 bits per heavy atom. The van der Waals surface area contributed by atoms with E-state index in [1.54, 1.807) is 30.6 Å². The smallest absolute Gasteiger partial charge is 0.147 e. The van der Waals surface area contributed by atoms with E-state index in [2.05, 4.69) is 32.4 Å². The summed E-state index contributed by atoms with van der Waals surface area (Å²) in [5.41, 5.74) is 2.12. The molecule has 0 bridgehead atoms. The molecule has 0 aliphatic carbocycles. The molecule has 1 aliphatic rings. The number of aromatic nitrogens is 4. The molecule has 0 saturated carbocycles. The number of aliphatic hydroxyl groups is 1. The SMILES string of the molecule is CN1CCC(C(C)(O)c2ccc3cnc(Nc4ccc(-c5ccn[nH]5)cc4F)cc3n2)CC1. The first-order valence-corrected chi connectivity index (χ1v) is 11.1. The molecule has 1 saturated heterocycles. The lowest BCUT2D eigenvalue weighted by Gasteiger charge is -2.38. The van der Waals surface area contributed by atoms with Crippen LogP contribution in [-0.2, 0) is 5.60 Å². The number of hydrogen-bond donors (Lipinski definition) is 3. The molecule has 170 valence electrons. The van der Waals surface area contributed by atoms with Crippen molar-refractivity contribution >= 4 is 22.4 Å². The van der Waals surface area contributed by atoms with Gasteiger partial charge in [0.05, 0.1) is 22.6 Å². The number of anilines is 2. The molecule has 0 amide bonds. The van der Waals surface area contributed by atoms with Crippen molar-refractivity contribution < 1.29 is 9.50 Å². The van der Waals surface area contributed by atoms with Gasteiger partial charge in [-0.25, -0.2) is 14.4 Å². The van der Waals surface area contributed by atoms with Crippen LogP contribution in [0.1, 0.15) is 25.5 Å². The predicted molar refractivity (Wildman–Crippen MR) is 127 cm³/mol. The number of piperidine rings is 1. The average Bonchev–Trinajstić information content (AvgIpc) is 3.35. The molecule has 33 heavy (non-hydrogen) atoms. The van der Waals surface area contributed by atoms with Crippen molar-refractivity contribution in [2.24, 2.45) is 5.92 Å². The third kappa shape index (κ3) is 4.31. The molecule has 1 aromatic carbocycles. The van der Waals surface area contributed by atoms with Crippen molar-refractivity contribution in [2.45, 2.75) is 25.4 Å². The Bertz CT molecular complexity index is 1270. The fourth-order valence-corrected chi connectivity index (χ4v) is 4.49. The number of aromatic amines is 1. The third-order valence-electron chi connectivity index (χ3n) is 6.65. The molecule has 4 heterocycles. The van der Waals surface area contributed by atoms with E-state index < -0.39 is 11.4 Å². The van der Waals surface area contributed by atoms with Gasteiger partial charge in [0.15, 0.2) is 0 Å². The lowest BCUT2D eigenvalue weighted by Crippen LogP contribution is -2.41. The number of rotatable bonds is 5. The summed E-state index contributed by atoms with van der Waals surface area (Å²) in [6.07, 6.45) is 5.19. The summed E-state index contributed by atoms with van der Waals surface area (Å²) in [5, 5.41) is 22.0. The van der Waals surface area contributed by atoms with Gasteiger partial charge in [-0.1, -0.05) is 6.07 Å². The predicted octanol–water partition coefficient (Wildman–Crippen LogP) is 4.45. The van der Waals surface area contributed by atoms with E-state index in [0.717, 1.165) is 37.0 Å². The standard InChI is InChI=1S/C25H27FN6O/c1-25(33,18-8-11-32(2)12-9-18)23-6-4-17-15-27-24(14-22(17)29-23)30-21-5-3-16(13-19(21)26)20-7-10-28-31-20/h3-7,10,13-15,18,33H,8-9,11-12H2,1-2H3,(H,27,30)(H,28,31). The second-order valence-electron chi connectivity index (χ2n) is 8.97. The highest BCUT2D eigenvalue weighted by Gasteiger charge is 2.36. The van der Waals surface area contributed by atoms with Gasteiger partial charge in [0.1, 0.15) is 17.2 Å². The van der Waals surface area contributed by atoms with Gasteiger partial charge < -0.3 is 15.3 Å². The van der Waals surface area contributed by atoms with E-state index in [1.165, 1.54) is 6.07 Å². The van der Waals surface area contributed by atoms with Crippen LogP contribution in [0.15, 0.2) is 54.9 Å². The van der Waals surface area contributed by atoms with Crippen LogP contribution < -0.4 is 5.32 Å². The van der Waals surface area contributed by atoms with Gasteiger partial charge in [-0.15, -0.1) is 0 Å². The van der Waals surface area contributed by atoms with E-state index in [4.69, 9.17) is 4.98 Å². The highest BCUT2D eigenvalue weighted by atomic mass is 19.1. The molecule has 1 unspecified atom stereocenters. The maximum absolute atomic E-state index is 14.7. The Hall–Kier alpha value is -3.36. The molecule has 5 rings (SSSR count). The summed E-state index contributed by atoms with van der Waals surface area (Å²) < 4.78 is 14.7. The molecule has 1 fully saturated rings. The molecule has 3 aromatic heterocycles. The van der Waals surface area contributed by atoms with E-state index in [0.29, 0.717) is 28.3 Å². The lowest BCUT2D eigenvalue weighted by atomic mass is 9.79. The van der Waals surface area contributed by atoms with Crippen LogP contribution in [0.25, 0.3) is 22.2 Å². The van der Waals surface area contributed by atoms with Crippen molar-refractivity contribution in [3.05, 3.63) is 66.4 Å². The number of nitrogens with one attached hydrogen (secondary N) is 2. The third-order valence-corrected chi connectivity index (χ3v) is 6.65. The summed E-state index contributed by atoms with van der Waals surface area (Å²) in [7, 11) is 2.11. The minimum Gasteiger partial charge on any atom is -0.384 e. The highest BCUT2D eigenvalue weighted by molar-refractivity contribution is 5.81. The molecule has 0 radical (unpaired) electrons. The van der Waals surface area contributed by atoms with Gasteiger partial charge >= 0.3 is 0 Å². The van der Waals surface area contributed by atoms with Gasteiger partial charge in [-0.05, 0) is 76.2 Å². The van der Waals surface area contributed by atoms with Crippen LogP contribution in [0.5, 0.6) is 0 Å². The number of H-pyrrole nitrogens is 1. The van der Waals surface area contributed by atoms with Crippen LogP contribution in [0.3, 0.4) is 0 Å². The van der Waals surface area contributed by atoms with E-state index in [-0.39, 0.29) is 5.92 Å². The molecule has 1 aliphatic heterocycles.